The third-order valence-electron chi connectivity index (χ3n) is 4.05. The molecule has 0 fully saturated rings. The molecule has 0 aliphatic carbocycles. The van der Waals surface area contributed by atoms with Gasteiger partial charge >= 0.3 is 0 Å². The van der Waals surface area contributed by atoms with E-state index in [-0.39, 0.29) is 30.9 Å². The Morgan fingerprint density at radius 3 is 2.27 bits per heavy atom. The SMILES string of the molecule is COc1ccc2ccccc2c1C=NNC(=O)COc1c(Cl)c(Cl)c(Cl)c(Cl)c1Cl. The van der Waals surface area contributed by atoms with Gasteiger partial charge in [0.1, 0.15) is 15.8 Å². The van der Waals surface area contributed by atoms with Gasteiger partial charge in [0.15, 0.2) is 12.4 Å². The Labute approximate surface area is 197 Å². The number of hydrogen-bond acceptors (Lipinski definition) is 4. The maximum absolute atomic E-state index is 12.1. The summed E-state index contributed by atoms with van der Waals surface area (Å²) in [5.41, 5.74) is 3.09. The van der Waals surface area contributed by atoms with Crippen molar-refractivity contribution in [2.24, 2.45) is 5.10 Å². The molecule has 156 valence electrons. The van der Waals surface area contributed by atoms with Crippen LogP contribution in [0, 0.1) is 0 Å². The van der Waals surface area contributed by atoms with E-state index in [0.29, 0.717) is 5.75 Å². The Morgan fingerprint density at radius 2 is 1.60 bits per heavy atom. The number of nitrogens with zero attached hydrogens (tertiary/aromatic N) is 1. The fourth-order valence-electron chi connectivity index (χ4n) is 2.64. The summed E-state index contributed by atoms with van der Waals surface area (Å²) in [7, 11) is 1.56. The van der Waals surface area contributed by atoms with Gasteiger partial charge in [0.2, 0.25) is 0 Å². The Hall–Kier alpha value is -1.89. The normalized spacial score (nSPS) is 11.1. The fraction of sp³-hybridized carbons (Fsp3) is 0.100. The molecule has 0 unspecified atom stereocenters. The van der Waals surface area contributed by atoms with Crippen molar-refractivity contribution in [2.45, 2.75) is 0 Å². The number of carbonyl (C=O) groups excluding carboxylic acids is 1. The molecule has 5 nitrogen and oxygen atoms in total. The van der Waals surface area contributed by atoms with Gasteiger partial charge in [0.25, 0.3) is 5.91 Å². The van der Waals surface area contributed by atoms with E-state index in [1.165, 1.54) is 6.21 Å². The van der Waals surface area contributed by atoms with Gasteiger partial charge in [-0.1, -0.05) is 88.3 Å². The van der Waals surface area contributed by atoms with E-state index < -0.39 is 12.5 Å². The highest BCUT2D eigenvalue weighted by Gasteiger charge is 2.21. The predicted molar refractivity (Wildman–Crippen MR) is 123 cm³/mol. The van der Waals surface area contributed by atoms with Crippen LogP contribution in [0.3, 0.4) is 0 Å². The number of benzene rings is 3. The summed E-state index contributed by atoms with van der Waals surface area (Å²) in [5.74, 6) is 0.0133. The molecule has 0 aliphatic heterocycles. The number of fused-ring (bicyclic) bond motifs is 1. The Bertz CT molecular complexity index is 1120. The summed E-state index contributed by atoms with van der Waals surface area (Å²) >= 11 is 30.0. The fourth-order valence-corrected chi connectivity index (χ4v) is 3.87. The minimum Gasteiger partial charge on any atom is -0.496 e. The summed E-state index contributed by atoms with van der Waals surface area (Å²) < 4.78 is 10.7. The molecule has 0 radical (unpaired) electrons. The van der Waals surface area contributed by atoms with Gasteiger partial charge in [-0.15, -0.1) is 0 Å². The van der Waals surface area contributed by atoms with E-state index in [4.69, 9.17) is 67.5 Å². The lowest BCUT2D eigenvalue weighted by molar-refractivity contribution is -0.123. The highest BCUT2D eigenvalue weighted by atomic mass is 35.5. The summed E-state index contributed by atoms with van der Waals surface area (Å²) in [5, 5.41) is 5.77. The number of hydrogen-bond donors (Lipinski definition) is 1. The topological polar surface area (TPSA) is 59.9 Å². The molecule has 0 saturated carbocycles. The van der Waals surface area contributed by atoms with E-state index >= 15 is 0 Å². The molecule has 0 spiro atoms. The van der Waals surface area contributed by atoms with Gasteiger partial charge in [-0.2, -0.15) is 5.10 Å². The molecule has 1 N–H and O–H groups in total. The van der Waals surface area contributed by atoms with Crippen molar-refractivity contribution < 1.29 is 14.3 Å². The number of carbonyl (C=O) groups is 1. The van der Waals surface area contributed by atoms with Crippen LogP contribution in [0.5, 0.6) is 11.5 Å². The molecule has 0 heterocycles. The summed E-state index contributed by atoms with van der Waals surface area (Å²) in [6.07, 6.45) is 1.50. The van der Waals surface area contributed by atoms with Crippen LogP contribution in [0.2, 0.25) is 25.1 Å². The highest BCUT2D eigenvalue weighted by molar-refractivity contribution is 6.55. The highest BCUT2D eigenvalue weighted by Crippen LogP contribution is 2.48. The second-order valence-electron chi connectivity index (χ2n) is 5.88. The van der Waals surface area contributed by atoms with Crippen molar-refractivity contribution in [2.75, 3.05) is 13.7 Å². The zero-order valence-corrected chi connectivity index (χ0v) is 19.1. The molecule has 1 amide bonds. The van der Waals surface area contributed by atoms with Crippen LogP contribution >= 0.6 is 58.0 Å². The molecule has 3 aromatic rings. The van der Waals surface area contributed by atoms with Crippen molar-refractivity contribution in [3.63, 3.8) is 0 Å². The summed E-state index contributed by atoms with van der Waals surface area (Å²) in [4.78, 5) is 12.1. The van der Waals surface area contributed by atoms with E-state index in [2.05, 4.69) is 10.5 Å². The zero-order valence-electron chi connectivity index (χ0n) is 15.3. The maximum Gasteiger partial charge on any atom is 0.277 e. The number of nitrogens with one attached hydrogen (secondary N) is 1. The Morgan fingerprint density at radius 1 is 0.967 bits per heavy atom. The lowest BCUT2D eigenvalue weighted by Gasteiger charge is -2.13. The van der Waals surface area contributed by atoms with Crippen LogP contribution in [0.15, 0.2) is 41.5 Å². The molecule has 30 heavy (non-hydrogen) atoms. The Kier molecular flexibility index (Phi) is 7.55. The van der Waals surface area contributed by atoms with Crippen molar-refractivity contribution in [3.8, 4) is 11.5 Å². The van der Waals surface area contributed by atoms with Gasteiger partial charge < -0.3 is 9.47 Å². The molecule has 10 heteroatoms. The average Bonchev–Trinajstić information content (AvgIpc) is 2.76. The van der Waals surface area contributed by atoms with Crippen molar-refractivity contribution >= 4 is 80.9 Å². The van der Waals surface area contributed by atoms with Crippen LogP contribution < -0.4 is 14.9 Å². The van der Waals surface area contributed by atoms with Gasteiger partial charge in [-0.05, 0) is 16.8 Å². The van der Waals surface area contributed by atoms with E-state index in [1.807, 2.05) is 36.4 Å². The number of methoxy groups -OCH3 is 1. The predicted octanol–water partition coefficient (Wildman–Crippen LogP) is 6.64. The average molecular weight is 507 g/mol. The third-order valence-corrected chi connectivity index (χ3v) is 6.29. The molecular formula is C20H13Cl5N2O3. The smallest absolute Gasteiger partial charge is 0.277 e. The number of amides is 1. The number of halogens is 5. The molecule has 0 atom stereocenters. The first-order valence-electron chi connectivity index (χ1n) is 8.37. The summed E-state index contributed by atoms with van der Waals surface area (Å²) in [6, 6.07) is 11.5. The minimum atomic E-state index is -0.556. The number of hydrazone groups is 1. The standard InChI is InChI=1S/C20H13Cl5N2O3/c1-29-13-7-6-10-4-2-3-5-11(10)12(13)8-26-27-14(28)9-30-20-18(24)16(22)15(21)17(23)19(20)25/h2-8H,9H2,1H3,(H,27,28). The first kappa shape index (κ1) is 22.8. The van der Waals surface area contributed by atoms with Crippen molar-refractivity contribution in [1.82, 2.24) is 5.43 Å². The van der Waals surface area contributed by atoms with Crippen LogP contribution in [0.4, 0.5) is 0 Å². The quantitative estimate of drug-likeness (QED) is 0.176. The molecular weight excluding hydrogens is 493 g/mol. The Balaban J connectivity index is 1.72. The third kappa shape index (κ3) is 4.71. The lowest BCUT2D eigenvalue weighted by Crippen LogP contribution is -2.24. The van der Waals surface area contributed by atoms with Crippen molar-refractivity contribution in [1.29, 1.82) is 0 Å². The molecule has 3 aromatic carbocycles. The monoisotopic (exact) mass is 504 g/mol. The molecule has 0 saturated heterocycles. The molecule has 0 aromatic heterocycles. The molecule has 3 rings (SSSR count). The molecule has 0 aliphatic rings. The minimum absolute atomic E-state index is 0.00114. The maximum atomic E-state index is 12.1. The first-order chi connectivity index (χ1) is 14.3. The van der Waals surface area contributed by atoms with E-state index in [0.717, 1.165) is 16.3 Å². The van der Waals surface area contributed by atoms with E-state index in [9.17, 15) is 4.79 Å². The zero-order chi connectivity index (χ0) is 21.8. The number of ether oxygens (including phenoxy) is 2. The van der Waals surface area contributed by atoms with Gasteiger partial charge in [-0.3, -0.25) is 4.79 Å². The van der Waals surface area contributed by atoms with Crippen LogP contribution in [-0.4, -0.2) is 25.8 Å². The van der Waals surface area contributed by atoms with Crippen LogP contribution in [0.25, 0.3) is 10.8 Å². The summed E-state index contributed by atoms with van der Waals surface area (Å²) in [6.45, 7) is -0.433. The van der Waals surface area contributed by atoms with Gasteiger partial charge in [0.05, 0.1) is 28.4 Å². The number of rotatable bonds is 6. The second-order valence-corrected chi connectivity index (χ2v) is 7.77. The first-order valence-corrected chi connectivity index (χ1v) is 10.3. The molecule has 0 bridgehead atoms. The van der Waals surface area contributed by atoms with Crippen molar-refractivity contribution in [3.05, 3.63) is 67.1 Å². The van der Waals surface area contributed by atoms with Crippen LogP contribution in [-0.2, 0) is 4.79 Å². The van der Waals surface area contributed by atoms with Gasteiger partial charge in [0, 0.05) is 5.56 Å². The lowest BCUT2D eigenvalue weighted by atomic mass is 10.0. The van der Waals surface area contributed by atoms with Crippen LogP contribution in [0.1, 0.15) is 5.56 Å². The van der Waals surface area contributed by atoms with Gasteiger partial charge in [-0.25, -0.2) is 5.43 Å². The van der Waals surface area contributed by atoms with E-state index in [1.54, 1.807) is 7.11 Å². The largest absolute Gasteiger partial charge is 0.496 e. The second kappa shape index (κ2) is 9.94.